The van der Waals surface area contributed by atoms with Crippen LogP contribution in [0.1, 0.15) is 33.2 Å². The number of aromatic carboxylic acids is 1. The average Bonchev–Trinajstić information content (AvgIpc) is 2.79. The summed E-state index contributed by atoms with van der Waals surface area (Å²) in [5.41, 5.74) is 4.04. The van der Waals surface area contributed by atoms with Gasteiger partial charge in [0.2, 0.25) is 0 Å². The number of carbonyl (C=O) groups excluding carboxylic acids is 1. The summed E-state index contributed by atoms with van der Waals surface area (Å²) in [6, 6.07) is 20.3. The number of hydrogen-bond acceptors (Lipinski definition) is 4. The predicted octanol–water partition coefficient (Wildman–Crippen LogP) is 5.31. The van der Waals surface area contributed by atoms with Crippen LogP contribution in [0.3, 0.4) is 0 Å². The molecule has 3 aromatic rings. The zero-order valence-electron chi connectivity index (χ0n) is 18.6. The lowest BCUT2D eigenvalue weighted by atomic mass is 10.1. The second-order valence-electron chi connectivity index (χ2n) is 8.33. The van der Waals surface area contributed by atoms with Crippen molar-refractivity contribution >= 4 is 40.5 Å². The highest BCUT2D eigenvalue weighted by Gasteiger charge is 2.27. The molecule has 1 atom stereocenters. The fourth-order valence-corrected chi connectivity index (χ4v) is 4.45. The Morgan fingerprint density at radius 3 is 2.52 bits per heavy atom. The van der Waals surface area contributed by atoms with Crippen molar-refractivity contribution in [2.75, 3.05) is 34.8 Å². The topological polar surface area (TPSA) is 72.9 Å². The highest BCUT2D eigenvalue weighted by atomic mass is 35.5. The third-order valence-corrected chi connectivity index (χ3v) is 6.11. The number of halogens is 1. The van der Waals surface area contributed by atoms with Crippen molar-refractivity contribution in [2.45, 2.75) is 19.9 Å². The first-order chi connectivity index (χ1) is 15.8. The molecule has 170 valence electrons. The highest BCUT2D eigenvalue weighted by Crippen LogP contribution is 2.29. The van der Waals surface area contributed by atoms with Crippen LogP contribution in [-0.2, 0) is 0 Å². The van der Waals surface area contributed by atoms with Gasteiger partial charge < -0.3 is 20.2 Å². The minimum Gasteiger partial charge on any atom is -0.478 e. The maximum absolute atomic E-state index is 12.5. The number of aryl methyl sites for hydroxylation is 1. The molecule has 0 bridgehead atoms. The summed E-state index contributed by atoms with van der Waals surface area (Å²) in [7, 11) is 0. The molecular weight excluding hydrogens is 438 g/mol. The molecule has 7 heteroatoms. The van der Waals surface area contributed by atoms with Crippen molar-refractivity contribution < 1.29 is 14.7 Å². The van der Waals surface area contributed by atoms with E-state index in [1.54, 1.807) is 36.4 Å². The Hall–Kier alpha value is -3.51. The van der Waals surface area contributed by atoms with Crippen LogP contribution in [0.25, 0.3) is 0 Å². The average molecular weight is 464 g/mol. The van der Waals surface area contributed by atoms with Gasteiger partial charge in [0, 0.05) is 47.6 Å². The maximum Gasteiger partial charge on any atom is 0.337 e. The summed E-state index contributed by atoms with van der Waals surface area (Å²) in [5, 5.41) is 13.1. The lowest BCUT2D eigenvalue weighted by Gasteiger charge is -2.42. The van der Waals surface area contributed by atoms with Gasteiger partial charge in [-0.1, -0.05) is 29.8 Å². The number of hydrogen-bond donors (Lipinski definition) is 2. The quantitative estimate of drug-likeness (QED) is 0.536. The number of carboxylic acids is 1. The first-order valence-corrected chi connectivity index (χ1v) is 11.2. The van der Waals surface area contributed by atoms with Gasteiger partial charge in [-0.3, -0.25) is 4.79 Å². The van der Waals surface area contributed by atoms with Gasteiger partial charge in [-0.15, -0.1) is 0 Å². The van der Waals surface area contributed by atoms with E-state index < -0.39 is 5.97 Å². The lowest BCUT2D eigenvalue weighted by Crippen LogP contribution is -2.52. The number of piperazine rings is 1. The van der Waals surface area contributed by atoms with Gasteiger partial charge >= 0.3 is 5.97 Å². The third-order valence-electron chi connectivity index (χ3n) is 5.87. The molecule has 33 heavy (non-hydrogen) atoms. The second-order valence-corrected chi connectivity index (χ2v) is 8.77. The molecule has 0 radical (unpaired) electrons. The minimum atomic E-state index is -1.03. The number of rotatable bonds is 5. The van der Waals surface area contributed by atoms with E-state index in [1.807, 2.05) is 0 Å². The monoisotopic (exact) mass is 463 g/mol. The zero-order chi connectivity index (χ0) is 23.5. The molecular formula is C26H26ClN3O3. The van der Waals surface area contributed by atoms with Crippen molar-refractivity contribution in [2.24, 2.45) is 0 Å². The van der Waals surface area contributed by atoms with Gasteiger partial charge in [-0.25, -0.2) is 4.79 Å². The standard InChI is InChI=1S/C26H26ClN3O3/c1-17-5-3-8-22(13-17)30-12-11-29(16-18(30)2)24-10-9-21(15-23(24)26(32)33)28-25(31)19-6-4-7-20(27)14-19/h3-10,13-15,18H,11-12,16H2,1-2H3,(H,28,31)(H,32,33)/t18-/m1/s1. The van der Waals surface area contributed by atoms with Crippen LogP contribution in [0.5, 0.6) is 0 Å². The molecule has 4 rings (SSSR count). The summed E-state index contributed by atoms with van der Waals surface area (Å²) in [6.07, 6.45) is 0. The van der Waals surface area contributed by atoms with E-state index in [0.717, 1.165) is 6.54 Å². The molecule has 0 unspecified atom stereocenters. The van der Waals surface area contributed by atoms with Gasteiger partial charge in [0.05, 0.1) is 11.3 Å². The molecule has 0 spiro atoms. The fraction of sp³-hybridized carbons (Fsp3) is 0.231. The third kappa shape index (κ3) is 5.12. The number of carbonyl (C=O) groups is 2. The maximum atomic E-state index is 12.5. The highest BCUT2D eigenvalue weighted by molar-refractivity contribution is 6.31. The molecule has 1 amide bonds. The Morgan fingerprint density at radius 1 is 1.03 bits per heavy atom. The number of carboxylic acid groups (broad SMARTS) is 1. The number of nitrogens with one attached hydrogen (secondary N) is 1. The van der Waals surface area contributed by atoms with Crippen LogP contribution in [0.4, 0.5) is 17.1 Å². The first-order valence-electron chi connectivity index (χ1n) is 10.8. The SMILES string of the molecule is Cc1cccc(N2CCN(c3ccc(NC(=O)c4cccc(Cl)c4)cc3C(=O)O)C[C@H]2C)c1. The van der Waals surface area contributed by atoms with E-state index in [1.165, 1.54) is 17.3 Å². The van der Waals surface area contributed by atoms with Crippen molar-refractivity contribution in [1.82, 2.24) is 0 Å². The number of nitrogens with zero attached hydrogens (tertiary/aromatic N) is 2. The van der Waals surface area contributed by atoms with Gasteiger partial charge in [0.25, 0.3) is 5.91 Å². The molecule has 0 aromatic heterocycles. The van der Waals surface area contributed by atoms with Crippen LogP contribution in [-0.4, -0.2) is 42.7 Å². The van der Waals surface area contributed by atoms with E-state index in [2.05, 4.69) is 53.2 Å². The normalized spacial score (nSPS) is 15.9. The Labute approximate surface area is 198 Å². The molecule has 1 saturated heterocycles. The van der Waals surface area contributed by atoms with Gasteiger partial charge in [0.15, 0.2) is 0 Å². The Morgan fingerprint density at radius 2 is 1.82 bits per heavy atom. The zero-order valence-corrected chi connectivity index (χ0v) is 19.3. The van der Waals surface area contributed by atoms with Crippen molar-refractivity contribution in [3.8, 4) is 0 Å². The summed E-state index contributed by atoms with van der Waals surface area (Å²) >= 11 is 5.97. The molecule has 3 aromatic carbocycles. The van der Waals surface area contributed by atoms with Crippen LogP contribution < -0.4 is 15.1 Å². The Bertz CT molecular complexity index is 1200. The molecule has 2 N–H and O–H groups in total. The van der Waals surface area contributed by atoms with Gasteiger partial charge in [0.1, 0.15) is 0 Å². The molecule has 1 aliphatic rings. The van der Waals surface area contributed by atoms with E-state index >= 15 is 0 Å². The smallest absolute Gasteiger partial charge is 0.337 e. The van der Waals surface area contributed by atoms with E-state index in [4.69, 9.17) is 11.6 Å². The van der Waals surface area contributed by atoms with Gasteiger partial charge in [-0.2, -0.15) is 0 Å². The summed E-state index contributed by atoms with van der Waals surface area (Å²) in [5.74, 6) is -1.38. The van der Waals surface area contributed by atoms with Crippen LogP contribution in [0.15, 0.2) is 66.7 Å². The first kappa shape index (κ1) is 22.7. The molecule has 0 saturated carbocycles. The molecule has 1 fully saturated rings. The molecule has 6 nitrogen and oxygen atoms in total. The number of amides is 1. The van der Waals surface area contributed by atoms with Crippen molar-refractivity contribution in [3.05, 3.63) is 88.4 Å². The predicted molar refractivity (Wildman–Crippen MR) is 133 cm³/mol. The van der Waals surface area contributed by atoms with Crippen molar-refractivity contribution in [1.29, 1.82) is 0 Å². The lowest BCUT2D eigenvalue weighted by molar-refractivity contribution is 0.0697. The Kier molecular flexibility index (Phi) is 6.56. The summed E-state index contributed by atoms with van der Waals surface area (Å²) < 4.78 is 0. The molecule has 1 heterocycles. The largest absolute Gasteiger partial charge is 0.478 e. The fourth-order valence-electron chi connectivity index (χ4n) is 4.26. The number of anilines is 3. The van der Waals surface area contributed by atoms with Crippen LogP contribution in [0.2, 0.25) is 5.02 Å². The van der Waals surface area contributed by atoms with E-state index in [9.17, 15) is 14.7 Å². The van der Waals surface area contributed by atoms with Gasteiger partial charge in [-0.05, 0) is 67.9 Å². The molecule has 1 aliphatic heterocycles. The van der Waals surface area contributed by atoms with E-state index in [0.29, 0.717) is 35.1 Å². The van der Waals surface area contributed by atoms with Crippen LogP contribution in [0, 0.1) is 6.92 Å². The Balaban J connectivity index is 1.52. The van der Waals surface area contributed by atoms with E-state index in [-0.39, 0.29) is 17.5 Å². The second kappa shape index (κ2) is 9.55. The summed E-state index contributed by atoms with van der Waals surface area (Å²) in [6.45, 7) is 6.41. The van der Waals surface area contributed by atoms with Crippen LogP contribution >= 0.6 is 11.6 Å². The summed E-state index contributed by atoms with van der Waals surface area (Å²) in [4.78, 5) is 29.0. The number of benzene rings is 3. The van der Waals surface area contributed by atoms with Crippen molar-refractivity contribution in [3.63, 3.8) is 0 Å². The minimum absolute atomic E-state index is 0.162. The molecule has 0 aliphatic carbocycles.